The summed E-state index contributed by atoms with van der Waals surface area (Å²) in [6, 6.07) is 3.69. The summed E-state index contributed by atoms with van der Waals surface area (Å²) in [4.78, 5) is 15.8. The third-order valence-corrected chi connectivity index (χ3v) is 3.80. The van der Waals surface area contributed by atoms with E-state index in [1.807, 2.05) is 12.1 Å². The molecule has 1 aromatic rings. The van der Waals surface area contributed by atoms with Crippen molar-refractivity contribution < 1.29 is 9.90 Å². The van der Waals surface area contributed by atoms with Gasteiger partial charge in [0.1, 0.15) is 5.41 Å². The summed E-state index contributed by atoms with van der Waals surface area (Å²) in [7, 11) is 0. The molecular formula is C12H14BrNO2. The Morgan fingerprint density at radius 2 is 2.00 bits per heavy atom. The normalized spacial score (nSPS) is 19.3. The van der Waals surface area contributed by atoms with E-state index in [1.54, 1.807) is 6.20 Å². The number of aromatic nitrogens is 1. The highest BCUT2D eigenvalue weighted by molar-refractivity contribution is 9.10. The number of rotatable bonds is 2. The van der Waals surface area contributed by atoms with Crippen LogP contribution in [0.2, 0.25) is 0 Å². The Balaban J connectivity index is 2.38. The average molecular weight is 284 g/mol. The maximum Gasteiger partial charge on any atom is 0.315 e. The number of pyridine rings is 1. The molecule has 0 unspecified atom stereocenters. The quantitative estimate of drug-likeness (QED) is 0.907. The molecule has 16 heavy (non-hydrogen) atoms. The van der Waals surface area contributed by atoms with Crippen molar-refractivity contribution in [3.8, 4) is 0 Å². The van der Waals surface area contributed by atoms with Crippen LogP contribution in [0.5, 0.6) is 0 Å². The van der Waals surface area contributed by atoms with E-state index in [-0.39, 0.29) is 0 Å². The molecule has 4 heteroatoms. The third kappa shape index (κ3) is 1.98. The SMILES string of the molecule is O=C(O)C1(c2ccc(Br)cn2)CCCCC1. The zero-order valence-corrected chi connectivity index (χ0v) is 10.5. The van der Waals surface area contributed by atoms with Crippen LogP contribution in [0.25, 0.3) is 0 Å². The number of carboxylic acids is 1. The molecule has 1 saturated carbocycles. The molecule has 86 valence electrons. The summed E-state index contributed by atoms with van der Waals surface area (Å²) in [6.45, 7) is 0. The number of aliphatic carboxylic acids is 1. The zero-order valence-electron chi connectivity index (χ0n) is 8.95. The fraction of sp³-hybridized carbons (Fsp3) is 0.500. The molecule has 0 spiro atoms. The molecule has 0 amide bonds. The maximum absolute atomic E-state index is 11.5. The van der Waals surface area contributed by atoms with Crippen LogP contribution in [-0.4, -0.2) is 16.1 Å². The first kappa shape index (κ1) is 11.6. The number of nitrogens with zero attached hydrogens (tertiary/aromatic N) is 1. The monoisotopic (exact) mass is 283 g/mol. The minimum Gasteiger partial charge on any atom is -0.481 e. The van der Waals surface area contributed by atoms with Gasteiger partial charge in [0.15, 0.2) is 0 Å². The van der Waals surface area contributed by atoms with E-state index in [9.17, 15) is 9.90 Å². The molecule has 0 radical (unpaired) electrons. The van der Waals surface area contributed by atoms with Crippen LogP contribution in [-0.2, 0) is 10.2 Å². The summed E-state index contributed by atoms with van der Waals surface area (Å²) in [5.74, 6) is -0.734. The number of halogens is 1. The van der Waals surface area contributed by atoms with Crippen molar-refractivity contribution in [3.05, 3.63) is 28.5 Å². The van der Waals surface area contributed by atoms with Crippen molar-refractivity contribution in [1.82, 2.24) is 4.98 Å². The molecule has 1 fully saturated rings. The van der Waals surface area contributed by atoms with E-state index in [2.05, 4.69) is 20.9 Å². The Morgan fingerprint density at radius 1 is 1.31 bits per heavy atom. The van der Waals surface area contributed by atoms with E-state index in [0.717, 1.165) is 23.7 Å². The number of carboxylic acid groups (broad SMARTS) is 1. The van der Waals surface area contributed by atoms with E-state index in [4.69, 9.17) is 0 Å². The van der Waals surface area contributed by atoms with Gasteiger partial charge in [-0.25, -0.2) is 0 Å². The van der Waals surface area contributed by atoms with Crippen LogP contribution >= 0.6 is 15.9 Å². The average Bonchev–Trinajstić information content (AvgIpc) is 2.30. The molecule has 2 rings (SSSR count). The Kier molecular flexibility index (Phi) is 3.28. The molecule has 1 aliphatic rings. The summed E-state index contributed by atoms with van der Waals surface area (Å²) in [6.07, 6.45) is 6.17. The highest BCUT2D eigenvalue weighted by Crippen LogP contribution is 2.38. The molecule has 0 aromatic carbocycles. The fourth-order valence-electron chi connectivity index (χ4n) is 2.39. The minimum atomic E-state index is -0.751. The van der Waals surface area contributed by atoms with Gasteiger partial charge >= 0.3 is 5.97 Å². The second kappa shape index (κ2) is 4.53. The summed E-state index contributed by atoms with van der Waals surface area (Å²) in [5, 5.41) is 9.46. The molecule has 1 heterocycles. The van der Waals surface area contributed by atoms with Crippen LogP contribution in [0, 0.1) is 0 Å². The lowest BCUT2D eigenvalue weighted by atomic mass is 9.71. The first-order chi connectivity index (χ1) is 7.65. The summed E-state index contributed by atoms with van der Waals surface area (Å²) < 4.78 is 0.882. The van der Waals surface area contributed by atoms with E-state index < -0.39 is 11.4 Å². The van der Waals surface area contributed by atoms with Crippen LogP contribution in [0.3, 0.4) is 0 Å². The highest BCUT2D eigenvalue weighted by Gasteiger charge is 2.42. The number of hydrogen-bond acceptors (Lipinski definition) is 2. The lowest BCUT2D eigenvalue weighted by Crippen LogP contribution is -2.38. The summed E-state index contributed by atoms with van der Waals surface area (Å²) >= 11 is 3.31. The van der Waals surface area contributed by atoms with Crippen LogP contribution in [0.4, 0.5) is 0 Å². The van der Waals surface area contributed by atoms with Gasteiger partial charge in [0.05, 0.1) is 5.69 Å². The van der Waals surface area contributed by atoms with Crippen molar-refractivity contribution >= 4 is 21.9 Å². The van der Waals surface area contributed by atoms with Crippen LogP contribution in [0.1, 0.15) is 37.8 Å². The Morgan fingerprint density at radius 3 is 2.50 bits per heavy atom. The van der Waals surface area contributed by atoms with Gasteiger partial charge in [-0.3, -0.25) is 9.78 Å². The van der Waals surface area contributed by atoms with E-state index >= 15 is 0 Å². The van der Waals surface area contributed by atoms with Gasteiger partial charge in [0.2, 0.25) is 0 Å². The molecule has 3 nitrogen and oxygen atoms in total. The molecule has 0 bridgehead atoms. The Bertz CT molecular complexity index is 383. The van der Waals surface area contributed by atoms with Crippen molar-refractivity contribution in [3.63, 3.8) is 0 Å². The number of hydrogen-bond donors (Lipinski definition) is 1. The van der Waals surface area contributed by atoms with Crippen LogP contribution in [0.15, 0.2) is 22.8 Å². The highest BCUT2D eigenvalue weighted by atomic mass is 79.9. The molecule has 1 aliphatic carbocycles. The topological polar surface area (TPSA) is 50.2 Å². The zero-order chi connectivity index (χ0) is 11.6. The molecular weight excluding hydrogens is 270 g/mol. The molecule has 1 N–H and O–H groups in total. The number of carbonyl (C=O) groups is 1. The molecule has 0 atom stereocenters. The van der Waals surface area contributed by atoms with Gasteiger partial charge in [-0.1, -0.05) is 19.3 Å². The predicted octanol–water partition coefficient (Wildman–Crippen LogP) is 3.13. The second-order valence-electron chi connectivity index (χ2n) is 4.31. The Hall–Kier alpha value is -0.900. The van der Waals surface area contributed by atoms with Gasteiger partial charge in [0.25, 0.3) is 0 Å². The first-order valence-electron chi connectivity index (χ1n) is 5.50. The Labute approximate surface area is 103 Å². The van der Waals surface area contributed by atoms with Gasteiger partial charge in [-0.15, -0.1) is 0 Å². The van der Waals surface area contributed by atoms with E-state index in [0.29, 0.717) is 18.5 Å². The lowest BCUT2D eigenvalue weighted by molar-refractivity contribution is -0.145. The lowest BCUT2D eigenvalue weighted by Gasteiger charge is -2.32. The molecule has 1 aromatic heterocycles. The van der Waals surface area contributed by atoms with Gasteiger partial charge in [0, 0.05) is 10.7 Å². The van der Waals surface area contributed by atoms with Crippen molar-refractivity contribution in [1.29, 1.82) is 0 Å². The minimum absolute atomic E-state index is 0.697. The third-order valence-electron chi connectivity index (χ3n) is 3.33. The summed E-state index contributed by atoms with van der Waals surface area (Å²) in [5.41, 5.74) is -0.0539. The van der Waals surface area contributed by atoms with Gasteiger partial charge in [-0.05, 0) is 40.9 Å². The van der Waals surface area contributed by atoms with Crippen molar-refractivity contribution in [2.45, 2.75) is 37.5 Å². The van der Waals surface area contributed by atoms with Gasteiger partial charge < -0.3 is 5.11 Å². The fourth-order valence-corrected chi connectivity index (χ4v) is 2.63. The smallest absolute Gasteiger partial charge is 0.315 e. The second-order valence-corrected chi connectivity index (χ2v) is 5.23. The molecule has 0 saturated heterocycles. The largest absolute Gasteiger partial charge is 0.481 e. The standard InChI is InChI=1S/C12H14BrNO2/c13-9-4-5-10(14-8-9)12(11(15)16)6-2-1-3-7-12/h4-5,8H,1-3,6-7H2,(H,15,16). The van der Waals surface area contributed by atoms with Gasteiger partial charge in [-0.2, -0.15) is 0 Å². The maximum atomic E-state index is 11.5. The molecule has 0 aliphatic heterocycles. The predicted molar refractivity (Wildman–Crippen MR) is 64.3 cm³/mol. The van der Waals surface area contributed by atoms with Crippen molar-refractivity contribution in [2.24, 2.45) is 0 Å². The first-order valence-corrected chi connectivity index (χ1v) is 6.30. The van der Waals surface area contributed by atoms with Crippen molar-refractivity contribution in [2.75, 3.05) is 0 Å². The van der Waals surface area contributed by atoms with Crippen LogP contribution < -0.4 is 0 Å². The van der Waals surface area contributed by atoms with E-state index in [1.165, 1.54) is 0 Å².